The van der Waals surface area contributed by atoms with E-state index in [-0.39, 0.29) is 6.10 Å². The predicted molar refractivity (Wildman–Crippen MR) is 81.6 cm³/mol. The van der Waals surface area contributed by atoms with Crippen molar-refractivity contribution >= 4 is 0 Å². The number of benzene rings is 1. The van der Waals surface area contributed by atoms with Crippen molar-refractivity contribution in [3.63, 3.8) is 0 Å². The van der Waals surface area contributed by atoms with Crippen LogP contribution in [0, 0.1) is 0 Å². The van der Waals surface area contributed by atoms with Crippen LogP contribution >= 0.6 is 0 Å². The zero-order chi connectivity index (χ0) is 14.8. The van der Waals surface area contributed by atoms with Gasteiger partial charge in [0.2, 0.25) is 0 Å². The minimum Gasteiger partial charge on any atom is -0.493 e. The van der Waals surface area contributed by atoms with Gasteiger partial charge in [-0.2, -0.15) is 0 Å². The fourth-order valence-corrected chi connectivity index (χ4v) is 1.85. The SMILES string of the molecule is CCOCCCNCc1ccc(OC(C)C)c(OC)c1. The second-order valence-corrected chi connectivity index (χ2v) is 4.88. The topological polar surface area (TPSA) is 39.7 Å². The summed E-state index contributed by atoms with van der Waals surface area (Å²) < 4.78 is 16.4. The minimum atomic E-state index is 0.145. The van der Waals surface area contributed by atoms with Gasteiger partial charge < -0.3 is 19.5 Å². The van der Waals surface area contributed by atoms with Gasteiger partial charge in [0.25, 0.3) is 0 Å². The molecule has 0 spiro atoms. The molecule has 0 radical (unpaired) electrons. The van der Waals surface area contributed by atoms with Crippen LogP contribution in [0.25, 0.3) is 0 Å². The molecular formula is C16H27NO3. The van der Waals surface area contributed by atoms with Gasteiger partial charge in [0, 0.05) is 19.8 Å². The molecule has 1 aromatic carbocycles. The molecule has 0 fully saturated rings. The van der Waals surface area contributed by atoms with E-state index < -0.39 is 0 Å². The highest BCUT2D eigenvalue weighted by Crippen LogP contribution is 2.28. The van der Waals surface area contributed by atoms with Crippen LogP contribution in [0.2, 0.25) is 0 Å². The molecule has 20 heavy (non-hydrogen) atoms. The predicted octanol–water partition coefficient (Wildman–Crippen LogP) is 3.00. The Morgan fingerprint density at radius 2 is 2.00 bits per heavy atom. The fraction of sp³-hybridized carbons (Fsp3) is 0.625. The van der Waals surface area contributed by atoms with Gasteiger partial charge in [-0.1, -0.05) is 6.07 Å². The summed E-state index contributed by atoms with van der Waals surface area (Å²) >= 11 is 0. The summed E-state index contributed by atoms with van der Waals surface area (Å²) in [7, 11) is 1.67. The monoisotopic (exact) mass is 281 g/mol. The van der Waals surface area contributed by atoms with Gasteiger partial charge in [0.1, 0.15) is 0 Å². The Balaban J connectivity index is 2.43. The lowest BCUT2D eigenvalue weighted by Crippen LogP contribution is -2.16. The number of hydrogen-bond donors (Lipinski definition) is 1. The molecule has 1 rings (SSSR count). The van der Waals surface area contributed by atoms with Crippen molar-refractivity contribution < 1.29 is 14.2 Å². The summed E-state index contributed by atoms with van der Waals surface area (Å²) in [6, 6.07) is 6.05. The highest BCUT2D eigenvalue weighted by Gasteiger charge is 2.07. The van der Waals surface area contributed by atoms with E-state index in [1.165, 1.54) is 5.56 Å². The standard InChI is InChI=1S/C16H27NO3/c1-5-19-10-6-9-17-12-14-7-8-15(20-13(2)3)16(11-14)18-4/h7-8,11,13,17H,5-6,9-10,12H2,1-4H3. The first-order chi connectivity index (χ1) is 9.67. The van der Waals surface area contributed by atoms with Crippen molar-refractivity contribution in [2.45, 2.75) is 39.8 Å². The maximum absolute atomic E-state index is 5.70. The second kappa shape index (κ2) is 9.61. The lowest BCUT2D eigenvalue weighted by molar-refractivity contribution is 0.144. The average Bonchev–Trinajstić information content (AvgIpc) is 2.43. The van der Waals surface area contributed by atoms with Crippen molar-refractivity contribution in [1.82, 2.24) is 5.32 Å². The number of ether oxygens (including phenoxy) is 3. The molecule has 0 aliphatic rings. The van der Waals surface area contributed by atoms with Crippen LogP contribution in [0.4, 0.5) is 0 Å². The third-order valence-electron chi connectivity index (χ3n) is 2.77. The number of nitrogens with one attached hydrogen (secondary N) is 1. The summed E-state index contributed by atoms with van der Waals surface area (Å²) in [4.78, 5) is 0. The Hall–Kier alpha value is -1.26. The fourth-order valence-electron chi connectivity index (χ4n) is 1.85. The lowest BCUT2D eigenvalue weighted by atomic mass is 10.2. The first kappa shape index (κ1) is 16.8. The van der Waals surface area contributed by atoms with Crippen LogP contribution < -0.4 is 14.8 Å². The van der Waals surface area contributed by atoms with Crippen LogP contribution in [0.3, 0.4) is 0 Å². The molecule has 0 aromatic heterocycles. The molecule has 0 bridgehead atoms. The first-order valence-electron chi connectivity index (χ1n) is 7.29. The quantitative estimate of drug-likeness (QED) is 0.669. The second-order valence-electron chi connectivity index (χ2n) is 4.88. The largest absolute Gasteiger partial charge is 0.493 e. The first-order valence-corrected chi connectivity index (χ1v) is 7.29. The summed E-state index contributed by atoms with van der Waals surface area (Å²) in [6.07, 6.45) is 1.17. The molecule has 0 saturated heterocycles. The molecule has 1 aromatic rings. The Morgan fingerprint density at radius 3 is 2.65 bits per heavy atom. The van der Waals surface area contributed by atoms with Crippen LogP contribution in [0.15, 0.2) is 18.2 Å². The molecule has 4 heteroatoms. The molecule has 0 amide bonds. The van der Waals surface area contributed by atoms with E-state index in [9.17, 15) is 0 Å². The van der Waals surface area contributed by atoms with E-state index in [1.807, 2.05) is 32.9 Å². The Kier molecular flexibility index (Phi) is 8.07. The average molecular weight is 281 g/mol. The Labute approximate surface area is 122 Å². The Morgan fingerprint density at radius 1 is 1.20 bits per heavy atom. The molecule has 0 atom stereocenters. The highest BCUT2D eigenvalue weighted by atomic mass is 16.5. The van der Waals surface area contributed by atoms with E-state index in [0.717, 1.165) is 44.2 Å². The molecule has 0 aliphatic carbocycles. The smallest absolute Gasteiger partial charge is 0.161 e. The molecule has 1 N–H and O–H groups in total. The van der Waals surface area contributed by atoms with E-state index in [0.29, 0.717) is 0 Å². The molecule has 0 saturated carbocycles. The number of hydrogen-bond acceptors (Lipinski definition) is 4. The van der Waals surface area contributed by atoms with Gasteiger partial charge in [0.15, 0.2) is 11.5 Å². The van der Waals surface area contributed by atoms with Crippen molar-refractivity contribution in [2.75, 3.05) is 26.9 Å². The molecule has 114 valence electrons. The van der Waals surface area contributed by atoms with Gasteiger partial charge in [-0.25, -0.2) is 0 Å². The molecular weight excluding hydrogens is 254 g/mol. The molecule has 0 heterocycles. The van der Waals surface area contributed by atoms with Crippen LogP contribution in [0.1, 0.15) is 32.8 Å². The summed E-state index contributed by atoms with van der Waals surface area (Å²) in [5.74, 6) is 1.58. The maximum Gasteiger partial charge on any atom is 0.161 e. The van der Waals surface area contributed by atoms with Crippen molar-refractivity contribution in [2.24, 2.45) is 0 Å². The summed E-state index contributed by atoms with van der Waals surface area (Å²) in [5.41, 5.74) is 1.19. The summed E-state index contributed by atoms with van der Waals surface area (Å²) in [6.45, 7) is 9.40. The highest BCUT2D eigenvalue weighted by molar-refractivity contribution is 5.43. The minimum absolute atomic E-state index is 0.145. The summed E-state index contributed by atoms with van der Waals surface area (Å²) in [5, 5.41) is 3.40. The number of rotatable bonds is 10. The van der Waals surface area contributed by atoms with Gasteiger partial charge in [-0.3, -0.25) is 0 Å². The van der Waals surface area contributed by atoms with E-state index in [4.69, 9.17) is 14.2 Å². The van der Waals surface area contributed by atoms with Gasteiger partial charge in [0.05, 0.1) is 13.2 Å². The molecule has 0 unspecified atom stereocenters. The molecule has 0 aliphatic heterocycles. The zero-order valence-electron chi connectivity index (χ0n) is 13.1. The van der Waals surface area contributed by atoms with Crippen LogP contribution in [-0.2, 0) is 11.3 Å². The third kappa shape index (κ3) is 6.26. The number of methoxy groups -OCH3 is 1. The van der Waals surface area contributed by atoms with Crippen molar-refractivity contribution in [3.05, 3.63) is 23.8 Å². The van der Waals surface area contributed by atoms with Crippen molar-refractivity contribution in [1.29, 1.82) is 0 Å². The van der Waals surface area contributed by atoms with E-state index >= 15 is 0 Å². The van der Waals surface area contributed by atoms with Crippen LogP contribution in [-0.4, -0.2) is 33.0 Å². The Bertz CT molecular complexity index is 380. The normalized spacial score (nSPS) is 10.8. The van der Waals surface area contributed by atoms with E-state index in [2.05, 4.69) is 11.4 Å². The van der Waals surface area contributed by atoms with Crippen LogP contribution in [0.5, 0.6) is 11.5 Å². The van der Waals surface area contributed by atoms with E-state index in [1.54, 1.807) is 7.11 Å². The zero-order valence-corrected chi connectivity index (χ0v) is 13.1. The maximum atomic E-state index is 5.70. The van der Waals surface area contributed by atoms with Crippen molar-refractivity contribution in [3.8, 4) is 11.5 Å². The van der Waals surface area contributed by atoms with Gasteiger partial charge in [-0.15, -0.1) is 0 Å². The third-order valence-corrected chi connectivity index (χ3v) is 2.77. The molecule has 4 nitrogen and oxygen atoms in total. The van der Waals surface area contributed by atoms with Gasteiger partial charge in [-0.05, 0) is 51.4 Å². The van der Waals surface area contributed by atoms with Gasteiger partial charge >= 0.3 is 0 Å². The lowest BCUT2D eigenvalue weighted by Gasteiger charge is -2.14.